The van der Waals surface area contributed by atoms with Gasteiger partial charge in [-0.1, -0.05) is 18.5 Å². The van der Waals surface area contributed by atoms with E-state index in [4.69, 9.17) is 16.3 Å². The number of halogens is 1. The lowest BCUT2D eigenvalue weighted by atomic mass is 9.85. The maximum absolute atomic E-state index is 9.83. The van der Waals surface area contributed by atoms with Crippen LogP contribution in [0.25, 0.3) is 11.3 Å². The summed E-state index contributed by atoms with van der Waals surface area (Å²) < 4.78 is 5.36. The normalized spacial score (nSPS) is 18.0. The molecular weight excluding hydrogens is 376 g/mol. The summed E-state index contributed by atoms with van der Waals surface area (Å²) in [6.45, 7) is 2.18. The van der Waals surface area contributed by atoms with Crippen molar-refractivity contribution >= 4 is 23.2 Å². The number of hydrogen-bond donors (Lipinski definition) is 2. The van der Waals surface area contributed by atoms with Crippen LogP contribution in [0.4, 0.5) is 11.6 Å². The topological polar surface area (TPSA) is 80.2 Å². The molecular formula is C21H21ClN4O2. The van der Waals surface area contributed by atoms with Crippen LogP contribution in [0.2, 0.25) is 5.02 Å². The van der Waals surface area contributed by atoms with Gasteiger partial charge in [0.1, 0.15) is 5.75 Å². The smallest absolute Gasteiger partial charge is 0.227 e. The number of pyridine rings is 1. The highest BCUT2D eigenvalue weighted by Crippen LogP contribution is 2.39. The number of nitrogens with one attached hydrogen (secondary N) is 1. The van der Waals surface area contributed by atoms with Crippen molar-refractivity contribution < 1.29 is 9.84 Å². The highest BCUT2D eigenvalue weighted by atomic mass is 35.5. The monoisotopic (exact) mass is 396 g/mol. The molecule has 1 unspecified atom stereocenters. The van der Waals surface area contributed by atoms with Crippen LogP contribution >= 0.6 is 11.6 Å². The third-order valence-electron chi connectivity index (χ3n) is 5.24. The summed E-state index contributed by atoms with van der Waals surface area (Å²) in [6, 6.07) is 9.25. The average molecular weight is 397 g/mol. The highest BCUT2D eigenvalue weighted by molar-refractivity contribution is 6.30. The average Bonchev–Trinajstić information content (AvgIpc) is 3.06. The number of nitrogens with zero attached hydrogens (tertiary/aromatic N) is 3. The molecule has 1 atom stereocenters. The fourth-order valence-corrected chi connectivity index (χ4v) is 3.68. The lowest BCUT2D eigenvalue weighted by Crippen LogP contribution is -2.23. The molecule has 28 heavy (non-hydrogen) atoms. The Hall–Kier alpha value is -2.70. The van der Waals surface area contributed by atoms with Gasteiger partial charge in [-0.05, 0) is 42.7 Å². The molecule has 1 aliphatic carbocycles. The Labute approximate surface area is 168 Å². The molecule has 2 heterocycles. The van der Waals surface area contributed by atoms with Crippen molar-refractivity contribution in [2.24, 2.45) is 0 Å². The van der Waals surface area contributed by atoms with Gasteiger partial charge in [-0.15, -0.1) is 0 Å². The molecule has 0 radical (unpaired) electrons. The quantitative estimate of drug-likeness (QED) is 0.674. The lowest BCUT2D eigenvalue weighted by molar-refractivity contribution is 0.206. The van der Waals surface area contributed by atoms with E-state index in [1.54, 1.807) is 25.4 Å². The minimum atomic E-state index is -0.247. The molecule has 0 fully saturated rings. The number of fused-ring (bicyclic) bond motifs is 1. The second kappa shape index (κ2) is 7.37. The zero-order valence-electron chi connectivity index (χ0n) is 15.7. The van der Waals surface area contributed by atoms with Crippen molar-refractivity contribution in [3.05, 3.63) is 59.0 Å². The van der Waals surface area contributed by atoms with E-state index >= 15 is 0 Å². The Morgan fingerprint density at radius 2 is 2.11 bits per heavy atom. The van der Waals surface area contributed by atoms with Crippen LogP contribution in [0.5, 0.6) is 5.75 Å². The van der Waals surface area contributed by atoms with Crippen LogP contribution in [0.1, 0.15) is 24.6 Å². The molecule has 0 aliphatic heterocycles. The molecule has 2 aromatic heterocycles. The maximum Gasteiger partial charge on any atom is 0.227 e. The van der Waals surface area contributed by atoms with E-state index in [1.165, 1.54) is 0 Å². The molecule has 4 rings (SSSR count). The number of aryl methyl sites for hydroxylation is 1. The molecule has 6 nitrogen and oxygen atoms in total. The minimum Gasteiger partial charge on any atom is -0.495 e. The zero-order valence-corrected chi connectivity index (χ0v) is 16.5. The van der Waals surface area contributed by atoms with Crippen LogP contribution < -0.4 is 10.1 Å². The van der Waals surface area contributed by atoms with Gasteiger partial charge in [0, 0.05) is 40.2 Å². The summed E-state index contributed by atoms with van der Waals surface area (Å²) in [5.41, 5.74) is 4.28. The SMILES string of the molecule is COc1cc(Cl)ccc1Nc1nccc(-c2cnc3c(c2)C(C)(CO)CC3)n1. The molecule has 0 amide bonds. The fourth-order valence-electron chi connectivity index (χ4n) is 3.52. The molecule has 0 spiro atoms. The van der Waals surface area contributed by atoms with Gasteiger partial charge in [0.2, 0.25) is 5.95 Å². The standard InChI is InChI=1S/C21H21ClN4O2/c1-21(12-27)7-5-17-15(21)9-13(11-24-17)16-6-8-23-20(25-16)26-18-4-3-14(22)10-19(18)28-2/h3-4,6,8-11,27H,5,7,12H2,1-2H3,(H,23,25,26). The van der Waals surface area contributed by atoms with E-state index in [9.17, 15) is 5.11 Å². The number of aliphatic hydroxyl groups is 1. The van der Waals surface area contributed by atoms with Crippen LogP contribution in [-0.2, 0) is 11.8 Å². The van der Waals surface area contributed by atoms with E-state index in [-0.39, 0.29) is 12.0 Å². The summed E-state index contributed by atoms with van der Waals surface area (Å²) >= 11 is 6.02. The predicted molar refractivity (Wildman–Crippen MR) is 109 cm³/mol. The summed E-state index contributed by atoms with van der Waals surface area (Å²) in [4.78, 5) is 13.5. The van der Waals surface area contributed by atoms with Crippen molar-refractivity contribution in [2.45, 2.75) is 25.2 Å². The van der Waals surface area contributed by atoms with Gasteiger partial charge < -0.3 is 15.2 Å². The largest absolute Gasteiger partial charge is 0.495 e. The highest BCUT2D eigenvalue weighted by Gasteiger charge is 2.34. The van der Waals surface area contributed by atoms with Crippen LogP contribution in [-0.4, -0.2) is 33.8 Å². The minimum absolute atomic E-state index is 0.109. The first-order chi connectivity index (χ1) is 13.5. The third kappa shape index (κ3) is 3.41. The lowest BCUT2D eigenvalue weighted by Gasteiger charge is -2.22. The number of benzene rings is 1. The van der Waals surface area contributed by atoms with Crippen molar-refractivity contribution in [2.75, 3.05) is 19.0 Å². The molecule has 0 saturated heterocycles. The third-order valence-corrected chi connectivity index (χ3v) is 5.48. The van der Waals surface area contributed by atoms with Crippen LogP contribution in [0.3, 0.4) is 0 Å². The van der Waals surface area contributed by atoms with Gasteiger partial charge in [0.15, 0.2) is 0 Å². The summed E-state index contributed by atoms with van der Waals surface area (Å²) in [5, 5.41) is 13.6. The van der Waals surface area contributed by atoms with E-state index in [0.29, 0.717) is 16.7 Å². The molecule has 3 aromatic rings. The second-order valence-corrected chi connectivity index (χ2v) is 7.61. The van der Waals surface area contributed by atoms with Crippen LogP contribution in [0, 0.1) is 0 Å². The number of rotatable bonds is 5. The number of ether oxygens (including phenoxy) is 1. The Morgan fingerprint density at radius 3 is 2.89 bits per heavy atom. The predicted octanol–water partition coefficient (Wildman–Crippen LogP) is 4.14. The molecule has 1 aliphatic rings. The molecule has 144 valence electrons. The number of hydrogen-bond acceptors (Lipinski definition) is 6. The summed E-state index contributed by atoms with van der Waals surface area (Å²) in [6.07, 6.45) is 5.32. The van der Waals surface area contributed by atoms with Gasteiger partial charge in [-0.25, -0.2) is 9.97 Å². The van der Waals surface area contributed by atoms with Gasteiger partial charge >= 0.3 is 0 Å². The molecule has 0 saturated carbocycles. The van der Waals surface area contributed by atoms with Crippen molar-refractivity contribution in [1.82, 2.24) is 15.0 Å². The van der Waals surface area contributed by atoms with Crippen molar-refractivity contribution in [3.8, 4) is 17.0 Å². The number of anilines is 2. The first kappa shape index (κ1) is 18.7. The van der Waals surface area contributed by atoms with Gasteiger partial charge in [0.25, 0.3) is 0 Å². The van der Waals surface area contributed by atoms with E-state index < -0.39 is 0 Å². The maximum atomic E-state index is 9.83. The Morgan fingerprint density at radius 1 is 1.25 bits per heavy atom. The number of aliphatic hydroxyl groups excluding tert-OH is 1. The summed E-state index contributed by atoms with van der Waals surface area (Å²) in [5.74, 6) is 1.06. The second-order valence-electron chi connectivity index (χ2n) is 7.17. The zero-order chi connectivity index (χ0) is 19.7. The van der Waals surface area contributed by atoms with E-state index in [1.807, 2.05) is 18.3 Å². The van der Waals surface area contributed by atoms with Crippen LogP contribution in [0.15, 0.2) is 42.7 Å². The molecule has 2 N–H and O–H groups in total. The Bertz CT molecular complexity index is 1030. The first-order valence-electron chi connectivity index (χ1n) is 9.07. The van der Waals surface area contributed by atoms with Gasteiger partial charge in [-0.3, -0.25) is 4.98 Å². The summed E-state index contributed by atoms with van der Waals surface area (Å²) in [7, 11) is 1.59. The van der Waals surface area contributed by atoms with Crippen molar-refractivity contribution in [1.29, 1.82) is 0 Å². The van der Waals surface area contributed by atoms with Crippen molar-refractivity contribution in [3.63, 3.8) is 0 Å². The van der Waals surface area contributed by atoms with E-state index in [2.05, 4.69) is 33.3 Å². The fraction of sp³-hybridized carbons (Fsp3) is 0.286. The molecule has 1 aromatic carbocycles. The Balaban J connectivity index is 1.66. The van der Waals surface area contributed by atoms with E-state index in [0.717, 1.165) is 41.0 Å². The van der Waals surface area contributed by atoms with Gasteiger partial charge in [-0.2, -0.15) is 0 Å². The molecule has 7 heteroatoms. The van der Waals surface area contributed by atoms with Gasteiger partial charge in [0.05, 0.1) is 25.1 Å². The number of methoxy groups -OCH3 is 1. The number of aromatic nitrogens is 3. The first-order valence-corrected chi connectivity index (χ1v) is 9.44. The Kier molecular flexibility index (Phi) is 4.91. The molecule has 0 bridgehead atoms.